The standard InChI is InChI=1S/C26H29N3O2/c1-3-31-21-11-7-8-19(16-21)25-22-23(18-14-12-17(2)13-15-18)27-28-24(22)26(30)29(25)20-9-5-4-6-10-20/h7-8,11-16,20,25H,3-6,9-10H2,1-2H3,(H,27,28). The van der Waals surface area contributed by atoms with Crippen molar-refractivity contribution in [1.29, 1.82) is 0 Å². The summed E-state index contributed by atoms with van der Waals surface area (Å²) in [6, 6.07) is 16.7. The van der Waals surface area contributed by atoms with E-state index in [9.17, 15) is 4.79 Å². The Morgan fingerprint density at radius 3 is 2.61 bits per heavy atom. The molecule has 1 N–H and O–H groups in total. The van der Waals surface area contributed by atoms with Crippen molar-refractivity contribution in [1.82, 2.24) is 15.1 Å². The van der Waals surface area contributed by atoms with Crippen molar-refractivity contribution < 1.29 is 9.53 Å². The van der Waals surface area contributed by atoms with E-state index < -0.39 is 0 Å². The first kappa shape index (κ1) is 19.9. The molecule has 0 spiro atoms. The molecule has 1 aliphatic heterocycles. The third kappa shape index (κ3) is 3.52. The van der Waals surface area contributed by atoms with Crippen LogP contribution >= 0.6 is 0 Å². The second-order valence-corrected chi connectivity index (χ2v) is 8.64. The molecule has 5 rings (SSSR count). The maximum absolute atomic E-state index is 13.6. The Kier molecular flexibility index (Phi) is 5.26. The summed E-state index contributed by atoms with van der Waals surface area (Å²) in [6.07, 6.45) is 5.73. The number of rotatable bonds is 5. The number of aryl methyl sites for hydroxylation is 1. The minimum atomic E-state index is -0.152. The van der Waals surface area contributed by atoms with Crippen molar-refractivity contribution >= 4 is 5.91 Å². The zero-order valence-electron chi connectivity index (χ0n) is 18.2. The van der Waals surface area contributed by atoms with Gasteiger partial charge in [0.15, 0.2) is 0 Å². The van der Waals surface area contributed by atoms with Gasteiger partial charge in [-0.05, 0) is 44.4 Å². The van der Waals surface area contributed by atoms with Crippen molar-refractivity contribution in [2.45, 2.75) is 58.0 Å². The van der Waals surface area contributed by atoms with Gasteiger partial charge in [0, 0.05) is 17.2 Å². The Bertz CT molecular complexity index is 1080. The van der Waals surface area contributed by atoms with Crippen molar-refractivity contribution in [3.8, 4) is 17.0 Å². The molecule has 5 nitrogen and oxygen atoms in total. The van der Waals surface area contributed by atoms with Crippen LogP contribution in [0.15, 0.2) is 48.5 Å². The quantitative estimate of drug-likeness (QED) is 0.585. The van der Waals surface area contributed by atoms with Gasteiger partial charge in [-0.15, -0.1) is 0 Å². The van der Waals surface area contributed by atoms with Crippen LogP contribution in [-0.4, -0.2) is 33.7 Å². The lowest BCUT2D eigenvalue weighted by molar-refractivity contribution is 0.0606. The van der Waals surface area contributed by atoms with E-state index in [1.54, 1.807) is 0 Å². The maximum atomic E-state index is 13.6. The van der Waals surface area contributed by atoms with Crippen molar-refractivity contribution in [3.05, 3.63) is 70.9 Å². The van der Waals surface area contributed by atoms with Crippen molar-refractivity contribution in [2.24, 2.45) is 0 Å². The Hall–Kier alpha value is -3.08. The van der Waals surface area contributed by atoms with E-state index in [1.165, 1.54) is 24.8 Å². The summed E-state index contributed by atoms with van der Waals surface area (Å²) < 4.78 is 5.78. The van der Waals surface area contributed by atoms with E-state index in [-0.39, 0.29) is 18.0 Å². The average Bonchev–Trinajstić information content (AvgIpc) is 3.34. The number of H-pyrrole nitrogens is 1. The second kappa shape index (κ2) is 8.22. The average molecular weight is 416 g/mol. The fraction of sp³-hybridized carbons (Fsp3) is 0.385. The number of nitrogens with one attached hydrogen (secondary N) is 1. The van der Waals surface area contributed by atoms with Crippen LogP contribution in [0.3, 0.4) is 0 Å². The number of benzene rings is 2. The molecule has 2 aromatic carbocycles. The molecular formula is C26H29N3O2. The minimum Gasteiger partial charge on any atom is -0.494 e. The Morgan fingerprint density at radius 1 is 1.10 bits per heavy atom. The SMILES string of the molecule is CCOc1cccc(C2c3c(-c4ccc(C)cc4)n[nH]c3C(=O)N2C2CCCCC2)c1. The number of carbonyl (C=O) groups excluding carboxylic acids is 1. The van der Waals surface area contributed by atoms with E-state index in [2.05, 4.69) is 58.4 Å². The molecule has 1 amide bonds. The summed E-state index contributed by atoms with van der Waals surface area (Å²) in [5, 5.41) is 7.68. The first-order valence-electron chi connectivity index (χ1n) is 11.4. The number of fused-ring (bicyclic) bond motifs is 1. The number of carbonyl (C=O) groups is 1. The number of hydrogen-bond donors (Lipinski definition) is 1. The molecule has 5 heteroatoms. The van der Waals surface area contributed by atoms with Gasteiger partial charge in [-0.3, -0.25) is 9.89 Å². The molecule has 160 valence electrons. The van der Waals surface area contributed by atoms with Crippen LogP contribution in [0.4, 0.5) is 0 Å². The van der Waals surface area contributed by atoms with Crippen LogP contribution in [0.25, 0.3) is 11.3 Å². The Labute approximate surface area is 183 Å². The molecule has 1 aromatic heterocycles. The number of nitrogens with zero attached hydrogens (tertiary/aromatic N) is 2. The molecule has 31 heavy (non-hydrogen) atoms. The lowest BCUT2D eigenvalue weighted by Crippen LogP contribution is -2.40. The van der Waals surface area contributed by atoms with Crippen molar-refractivity contribution in [2.75, 3.05) is 6.61 Å². The van der Waals surface area contributed by atoms with E-state index >= 15 is 0 Å². The van der Waals surface area contributed by atoms with E-state index in [1.807, 2.05) is 19.1 Å². The van der Waals surface area contributed by atoms with Crippen LogP contribution in [0.2, 0.25) is 0 Å². The molecule has 0 bridgehead atoms. The highest BCUT2D eigenvalue weighted by Crippen LogP contribution is 2.46. The first-order chi connectivity index (χ1) is 15.2. The summed E-state index contributed by atoms with van der Waals surface area (Å²) in [6.45, 7) is 4.68. The number of aromatic amines is 1. The Balaban J connectivity index is 1.65. The molecule has 1 fully saturated rings. The van der Waals surface area contributed by atoms with E-state index in [4.69, 9.17) is 4.74 Å². The lowest BCUT2D eigenvalue weighted by Gasteiger charge is -2.36. The largest absolute Gasteiger partial charge is 0.494 e. The highest BCUT2D eigenvalue weighted by Gasteiger charge is 2.45. The fourth-order valence-electron chi connectivity index (χ4n) is 5.10. The molecule has 3 aromatic rings. The van der Waals surface area contributed by atoms with Crippen LogP contribution in [0.1, 0.15) is 72.2 Å². The molecule has 2 heterocycles. The van der Waals surface area contributed by atoms with Crippen LogP contribution in [0, 0.1) is 6.92 Å². The molecule has 0 radical (unpaired) electrons. The number of aromatic nitrogens is 2. The van der Waals surface area contributed by atoms with Gasteiger partial charge in [-0.2, -0.15) is 5.10 Å². The molecular weight excluding hydrogens is 386 g/mol. The Morgan fingerprint density at radius 2 is 1.87 bits per heavy atom. The smallest absolute Gasteiger partial charge is 0.273 e. The summed E-state index contributed by atoms with van der Waals surface area (Å²) in [5.41, 5.74) is 5.82. The van der Waals surface area contributed by atoms with Gasteiger partial charge in [-0.1, -0.05) is 61.2 Å². The topological polar surface area (TPSA) is 58.2 Å². The zero-order valence-corrected chi connectivity index (χ0v) is 18.2. The monoisotopic (exact) mass is 415 g/mol. The van der Waals surface area contributed by atoms with Gasteiger partial charge < -0.3 is 9.64 Å². The molecule has 1 atom stereocenters. The summed E-state index contributed by atoms with van der Waals surface area (Å²) in [5.74, 6) is 0.907. The van der Waals surface area contributed by atoms with E-state index in [0.717, 1.165) is 41.0 Å². The summed E-state index contributed by atoms with van der Waals surface area (Å²) in [7, 11) is 0. The van der Waals surface area contributed by atoms with Gasteiger partial charge in [0.1, 0.15) is 11.4 Å². The van der Waals surface area contributed by atoms with Gasteiger partial charge in [0.05, 0.1) is 18.3 Å². The number of hydrogen-bond acceptors (Lipinski definition) is 3. The molecule has 2 aliphatic rings. The van der Waals surface area contributed by atoms with Crippen LogP contribution in [0.5, 0.6) is 5.75 Å². The number of amides is 1. The molecule has 1 saturated carbocycles. The zero-order chi connectivity index (χ0) is 21.4. The summed E-state index contributed by atoms with van der Waals surface area (Å²) >= 11 is 0. The highest BCUT2D eigenvalue weighted by atomic mass is 16.5. The number of ether oxygens (including phenoxy) is 1. The molecule has 0 saturated heterocycles. The predicted molar refractivity (Wildman–Crippen MR) is 121 cm³/mol. The van der Waals surface area contributed by atoms with Crippen LogP contribution < -0.4 is 4.74 Å². The third-order valence-corrected chi connectivity index (χ3v) is 6.58. The molecule has 1 aliphatic carbocycles. The second-order valence-electron chi connectivity index (χ2n) is 8.64. The van der Waals surface area contributed by atoms with Gasteiger partial charge in [0.25, 0.3) is 5.91 Å². The predicted octanol–water partition coefficient (Wildman–Crippen LogP) is 5.66. The lowest BCUT2D eigenvalue weighted by atomic mass is 9.91. The maximum Gasteiger partial charge on any atom is 0.273 e. The normalized spacial score (nSPS) is 19.0. The van der Waals surface area contributed by atoms with Gasteiger partial charge >= 0.3 is 0 Å². The summed E-state index contributed by atoms with van der Waals surface area (Å²) in [4.78, 5) is 15.7. The van der Waals surface area contributed by atoms with Crippen LogP contribution in [-0.2, 0) is 0 Å². The highest BCUT2D eigenvalue weighted by molar-refractivity contribution is 6.00. The first-order valence-corrected chi connectivity index (χ1v) is 11.4. The minimum absolute atomic E-state index is 0.0691. The van der Waals surface area contributed by atoms with Gasteiger partial charge in [0.2, 0.25) is 0 Å². The third-order valence-electron chi connectivity index (χ3n) is 6.58. The molecule has 1 unspecified atom stereocenters. The van der Waals surface area contributed by atoms with Gasteiger partial charge in [-0.25, -0.2) is 0 Å². The fourth-order valence-corrected chi connectivity index (χ4v) is 5.10. The van der Waals surface area contributed by atoms with E-state index in [0.29, 0.717) is 12.3 Å². The van der Waals surface area contributed by atoms with Crippen molar-refractivity contribution in [3.63, 3.8) is 0 Å².